The number of fused-ring (bicyclic) bond motifs is 13. The summed E-state index contributed by atoms with van der Waals surface area (Å²) in [4.78, 5) is 35.1. The third-order valence-electron chi connectivity index (χ3n) is 8.76. The van der Waals surface area contributed by atoms with Crippen LogP contribution in [-0.4, -0.2) is 33.5 Å². The molecular weight excluding hydrogens is 508 g/mol. The number of carbonyl (C=O) groups is 2. The van der Waals surface area contributed by atoms with Gasteiger partial charge in [0.2, 0.25) is 0 Å². The fourth-order valence-electron chi connectivity index (χ4n) is 7.18. The zero-order valence-corrected chi connectivity index (χ0v) is 22.7. The van der Waals surface area contributed by atoms with Gasteiger partial charge in [-0.3, -0.25) is 14.6 Å². The van der Waals surface area contributed by atoms with Gasteiger partial charge in [0.25, 0.3) is 0 Å². The van der Waals surface area contributed by atoms with Gasteiger partial charge in [-0.25, -0.2) is 4.98 Å². The topological polar surface area (TPSA) is 75.2 Å². The second-order valence-electron chi connectivity index (χ2n) is 10.5. The van der Waals surface area contributed by atoms with E-state index in [9.17, 15) is 9.59 Å². The number of aromatic nitrogens is 2. The van der Waals surface area contributed by atoms with Crippen molar-refractivity contribution in [3.63, 3.8) is 0 Å². The Hall–Kier alpha value is -3.26. The minimum Gasteiger partial charge on any atom is -0.341 e. The lowest BCUT2D eigenvalue weighted by Crippen LogP contribution is -2.15. The molecule has 8 rings (SSSR count). The maximum absolute atomic E-state index is 11.1. The summed E-state index contributed by atoms with van der Waals surface area (Å²) in [6.07, 6.45) is 8.24. The highest BCUT2D eigenvalue weighted by atomic mass is 31.1. The summed E-state index contributed by atoms with van der Waals surface area (Å²) >= 11 is 0. The predicted molar refractivity (Wildman–Crippen MR) is 159 cm³/mol. The van der Waals surface area contributed by atoms with Crippen molar-refractivity contribution in [2.24, 2.45) is 4.99 Å². The lowest BCUT2D eigenvalue weighted by Gasteiger charge is -2.29. The number of allylic oxidation sites excluding steroid dienone is 1. The van der Waals surface area contributed by atoms with E-state index < -0.39 is 0 Å². The van der Waals surface area contributed by atoms with Gasteiger partial charge in [-0.05, 0) is 108 Å². The SMILES string of the molecule is O=CPC1=NC2CCc3c(ccc4c5c(ccc34)-c3ccc4c(c3CC5)CCc3[nH]c(PC=O)nc3-4)C2=C1. The smallest absolute Gasteiger partial charge is 0.146 e. The van der Waals surface area contributed by atoms with Crippen LogP contribution in [0.4, 0.5) is 0 Å². The number of hydrogen-bond acceptors (Lipinski definition) is 4. The Balaban J connectivity index is 1.23. The molecule has 186 valence electrons. The van der Waals surface area contributed by atoms with E-state index >= 15 is 0 Å². The van der Waals surface area contributed by atoms with Crippen LogP contribution in [0.5, 0.6) is 0 Å². The lowest BCUT2D eigenvalue weighted by molar-refractivity contribution is 0.569. The zero-order chi connectivity index (χ0) is 25.4. The van der Waals surface area contributed by atoms with E-state index in [0.717, 1.165) is 73.0 Å². The predicted octanol–water partition coefficient (Wildman–Crippen LogP) is 5.57. The molecule has 1 aliphatic heterocycles. The number of aryl methyl sites for hydroxylation is 3. The molecule has 0 bridgehead atoms. The van der Waals surface area contributed by atoms with Gasteiger partial charge in [-0.2, -0.15) is 0 Å². The van der Waals surface area contributed by atoms with Crippen LogP contribution >= 0.6 is 17.2 Å². The van der Waals surface area contributed by atoms with Gasteiger partial charge in [-0.15, -0.1) is 0 Å². The molecular formula is C31H25N3O2P2. The van der Waals surface area contributed by atoms with Crippen LogP contribution in [0.2, 0.25) is 0 Å². The molecule has 3 atom stereocenters. The molecule has 4 aromatic rings. The molecule has 3 aromatic carbocycles. The van der Waals surface area contributed by atoms with Crippen LogP contribution in [0.25, 0.3) is 38.7 Å². The summed E-state index contributed by atoms with van der Waals surface area (Å²) in [6, 6.07) is 16.0. The number of hydrogen-bond donors (Lipinski definition) is 1. The Bertz CT molecular complexity index is 1780. The van der Waals surface area contributed by atoms with Crippen LogP contribution in [0.3, 0.4) is 0 Å². The number of rotatable bonds is 4. The van der Waals surface area contributed by atoms with Crippen molar-refractivity contribution in [3.05, 3.63) is 76.0 Å². The van der Waals surface area contributed by atoms with Crippen molar-refractivity contribution in [2.45, 2.75) is 44.6 Å². The van der Waals surface area contributed by atoms with Crippen molar-refractivity contribution >= 4 is 56.6 Å². The summed E-state index contributed by atoms with van der Waals surface area (Å²) in [5.41, 5.74) is 16.3. The molecule has 0 saturated heterocycles. The first-order valence-electron chi connectivity index (χ1n) is 13.3. The molecule has 4 aliphatic rings. The van der Waals surface area contributed by atoms with Gasteiger partial charge in [0, 0.05) is 19.8 Å². The van der Waals surface area contributed by atoms with Gasteiger partial charge < -0.3 is 4.98 Å². The number of nitrogens with one attached hydrogen (secondary N) is 1. The van der Waals surface area contributed by atoms with Crippen LogP contribution in [0, 0.1) is 0 Å². The number of aliphatic imine (C=N–C) groups is 1. The van der Waals surface area contributed by atoms with E-state index in [1.54, 1.807) is 0 Å². The third kappa shape index (κ3) is 3.25. The number of benzene rings is 3. The first kappa shape index (κ1) is 22.7. The quantitative estimate of drug-likeness (QED) is 0.276. The molecule has 1 aromatic heterocycles. The highest BCUT2D eigenvalue weighted by Crippen LogP contribution is 2.46. The van der Waals surface area contributed by atoms with Gasteiger partial charge in [-0.1, -0.05) is 36.4 Å². The first-order valence-corrected chi connectivity index (χ1v) is 15.4. The van der Waals surface area contributed by atoms with Gasteiger partial charge in [0.15, 0.2) is 0 Å². The highest BCUT2D eigenvalue weighted by molar-refractivity contribution is 7.72. The summed E-state index contributed by atoms with van der Waals surface area (Å²) < 4.78 is 0. The van der Waals surface area contributed by atoms with Crippen molar-refractivity contribution < 1.29 is 9.59 Å². The Kier molecular flexibility index (Phi) is 5.15. The van der Waals surface area contributed by atoms with Crippen LogP contribution in [0.1, 0.15) is 39.9 Å². The van der Waals surface area contributed by atoms with Crippen molar-refractivity contribution in [1.29, 1.82) is 0 Å². The van der Waals surface area contributed by atoms with Crippen molar-refractivity contribution in [2.75, 3.05) is 0 Å². The molecule has 0 spiro atoms. The number of imidazole rings is 1. The Morgan fingerprint density at radius 2 is 1.39 bits per heavy atom. The summed E-state index contributed by atoms with van der Waals surface area (Å²) in [5, 5.41) is 2.75. The van der Waals surface area contributed by atoms with Crippen molar-refractivity contribution in [1.82, 2.24) is 9.97 Å². The fourth-order valence-corrected chi connectivity index (χ4v) is 8.28. The van der Waals surface area contributed by atoms with Crippen LogP contribution in [-0.2, 0) is 41.7 Å². The summed E-state index contributed by atoms with van der Waals surface area (Å²) in [5.74, 6) is 0. The molecule has 38 heavy (non-hydrogen) atoms. The van der Waals surface area contributed by atoms with Gasteiger partial charge in [0.05, 0.1) is 17.2 Å². The van der Waals surface area contributed by atoms with E-state index in [-0.39, 0.29) is 23.2 Å². The molecule has 1 N–H and O–H groups in total. The second-order valence-corrected chi connectivity index (χ2v) is 12.5. The minimum absolute atomic E-state index is 0.0779. The standard InChI is InChI=1S/C31H25N3O2P2/c35-14-37-29-13-26-24-6-5-18-16-3-4-21-20(17(16)1-2-19(18)22(24)9-11-27(26)32-29)7-8-25-23(21)10-12-28-30(25)34-31(33-28)38-15-36/h1-2,5-8,13-15,27,37-38H,3-4,9-12H2,(H,33,34). The number of aromatic amines is 1. The van der Waals surface area contributed by atoms with Gasteiger partial charge in [0.1, 0.15) is 17.6 Å². The maximum Gasteiger partial charge on any atom is 0.146 e. The van der Waals surface area contributed by atoms with Crippen LogP contribution in [0.15, 0.2) is 47.5 Å². The lowest BCUT2D eigenvalue weighted by atomic mass is 9.75. The molecule has 7 heteroatoms. The second kappa shape index (κ2) is 8.63. The Morgan fingerprint density at radius 3 is 2.24 bits per heavy atom. The van der Waals surface area contributed by atoms with Crippen molar-refractivity contribution in [3.8, 4) is 22.4 Å². The molecule has 3 aliphatic carbocycles. The molecule has 0 radical (unpaired) electrons. The number of carbonyl (C=O) groups excluding carboxylic acids is 2. The Morgan fingerprint density at radius 1 is 0.737 bits per heavy atom. The molecule has 0 amide bonds. The average Bonchev–Trinajstić information content (AvgIpc) is 3.56. The summed E-state index contributed by atoms with van der Waals surface area (Å²) in [7, 11) is 0.224. The van der Waals surface area contributed by atoms with E-state index in [1.807, 2.05) is 0 Å². The molecule has 3 unspecified atom stereocenters. The summed E-state index contributed by atoms with van der Waals surface area (Å²) in [6.45, 7) is 0. The largest absolute Gasteiger partial charge is 0.341 e. The van der Waals surface area contributed by atoms with Crippen LogP contribution < -0.4 is 5.57 Å². The molecule has 2 heterocycles. The fraction of sp³-hybridized carbons (Fsp3) is 0.226. The molecule has 0 saturated carbocycles. The molecule has 0 fully saturated rings. The number of H-pyrrole nitrogens is 1. The highest BCUT2D eigenvalue weighted by Gasteiger charge is 2.31. The number of nitrogens with zero attached hydrogens (tertiary/aromatic N) is 2. The monoisotopic (exact) mass is 533 g/mol. The van der Waals surface area contributed by atoms with Gasteiger partial charge >= 0.3 is 0 Å². The maximum atomic E-state index is 11.1. The minimum atomic E-state index is 0.0779. The Labute approximate surface area is 223 Å². The van der Waals surface area contributed by atoms with E-state index in [0.29, 0.717) is 0 Å². The third-order valence-corrected chi connectivity index (χ3v) is 10.1. The van der Waals surface area contributed by atoms with E-state index in [2.05, 4.69) is 47.5 Å². The average molecular weight is 534 g/mol. The first-order chi connectivity index (χ1) is 18.7. The normalized spacial score (nSPS) is 19.0. The molecule has 5 nitrogen and oxygen atoms in total. The van der Waals surface area contributed by atoms with E-state index in [4.69, 9.17) is 9.98 Å². The van der Waals surface area contributed by atoms with E-state index in [1.165, 1.54) is 60.9 Å². The zero-order valence-electron chi connectivity index (χ0n) is 20.7.